The summed E-state index contributed by atoms with van der Waals surface area (Å²) < 4.78 is 0.868. The number of halogens is 2. The highest BCUT2D eigenvalue weighted by Gasteiger charge is 2.47. The minimum atomic E-state index is 0. The first-order valence-electron chi connectivity index (χ1n) is 7.90. The topological polar surface area (TPSA) is 32.3 Å². The molecule has 0 bridgehead atoms. The number of carbonyl (C=O) groups is 1. The second-order valence-corrected chi connectivity index (χ2v) is 7.23. The van der Waals surface area contributed by atoms with Crippen LogP contribution < -0.4 is 5.32 Å². The lowest BCUT2D eigenvalue weighted by molar-refractivity contribution is 0.0640. The van der Waals surface area contributed by atoms with Crippen molar-refractivity contribution in [2.24, 2.45) is 0 Å². The molecule has 1 spiro atoms. The molecular formula is C17H24BrClN2O. The summed E-state index contributed by atoms with van der Waals surface area (Å²) in [6, 6.07) is 7.94. The fourth-order valence-electron chi connectivity index (χ4n) is 4.10. The van der Waals surface area contributed by atoms with Crippen molar-refractivity contribution in [1.82, 2.24) is 10.2 Å². The molecule has 2 fully saturated rings. The van der Waals surface area contributed by atoms with Crippen molar-refractivity contribution in [3.8, 4) is 0 Å². The number of rotatable bonds is 2. The monoisotopic (exact) mass is 386 g/mol. The average Bonchev–Trinajstić information content (AvgIpc) is 2.84. The highest BCUT2D eigenvalue weighted by atomic mass is 79.9. The molecule has 1 saturated carbocycles. The highest BCUT2D eigenvalue weighted by molar-refractivity contribution is 9.10. The van der Waals surface area contributed by atoms with Gasteiger partial charge < -0.3 is 5.32 Å². The van der Waals surface area contributed by atoms with Gasteiger partial charge in [-0.05, 0) is 67.3 Å². The first-order valence-corrected chi connectivity index (χ1v) is 8.69. The average molecular weight is 388 g/mol. The molecule has 5 heteroatoms. The van der Waals surface area contributed by atoms with Crippen LogP contribution in [0.3, 0.4) is 0 Å². The van der Waals surface area contributed by atoms with Crippen molar-refractivity contribution in [3.63, 3.8) is 0 Å². The van der Waals surface area contributed by atoms with Crippen molar-refractivity contribution in [2.75, 3.05) is 13.6 Å². The molecule has 0 unspecified atom stereocenters. The molecule has 1 heterocycles. The third kappa shape index (κ3) is 3.19. The van der Waals surface area contributed by atoms with Crippen LogP contribution in [0.25, 0.3) is 0 Å². The van der Waals surface area contributed by atoms with Crippen LogP contribution in [0.5, 0.6) is 0 Å². The largest absolute Gasteiger partial charge is 0.347 e. The Hall–Kier alpha value is -0.580. The Balaban J connectivity index is 0.00000176. The Bertz CT molecular complexity index is 539. The number of likely N-dealkylation sites (tertiary alicyclic amines) is 1. The zero-order valence-electron chi connectivity index (χ0n) is 13.0. The molecule has 1 aliphatic heterocycles. The number of nitrogens with zero attached hydrogens (tertiary/aromatic N) is 1. The molecule has 0 aromatic heterocycles. The fourth-order valence-corrected chi connectivity index (χ4v) is 4.57. The molecule has 1 aliphatic carbocycles. The van der Waals surface area contributed by atoms with Crippen molar-refractivity contribution < 1.29 is 4.79 Å². The predicted octanol–water partition coefficient (Wildman–Crippen LogP) is 4.01. The Kier molecular flexibility index (Phi) is 5.92. The van der Waals surface area contributed by atoms with Gasteiger partial charge in [-0.2, -0.15) is 0 Å². The molecule has 3 nitrogen and oxygen atoms in total. The van der Waals surface area contributed by atoms with E-state index in [1.165, 1.54) is 32.1 Å². The van der Waals surface area contributed by atoms with Crippen LogP contribution in [-0.2, 0) is 0 Å². The summed E-state index contributed by atoms with van der Waals surface area (Å²) >= 11 is 3.48. The maximum absolute atomic E-state index is 12.6. The Morgan fingerprint density at radius 3 is 2.68 bits per heavy atom. The number of hydrogen-bond acceptors (Lipinski definition) is 2. The van der Waals surface area contributed by atoms with E-state index in [1.807, 2.05) is 24.3 Å². The van der Waals surface area contributed by atoms with E-state index >= 15 is 0 Å². The van der Waals surface area contributed by atoms with Gasteiger partial charge in [-0.3, -0.25) is 9.69 Å². The van der Waals surface area contributed by atoms with Crippen molar-refractivity contribution in [3.05, 3.63) is 34.3 Å². The third-order valence-electron chi connectivity index (χ3n) is 5.29. The van der Waals surface area contributed by atoms with Gasteiger partial charge in [0.1, 0.15) is 0 Å². The number of benzene rings is 1. The minimum Gasteiger partial charge on any atom is -0.347 e. The Morgan fingerprint density at radius 1 is 1.27 bits per heavy atom. The lowest BCUT2D eigenvalue weighted by Gasteiger charge is -2.46. The number of amides is 1. The number of carbonyl (C=O) groups excluding carboxylic acids is 1. The van der Waals surface area contributed by atoms with Gasteiger partial charge in [0.25, 0.3) is 5.91 Å². The fraction of sp³-hybridized carbons (Fsp3) is 0.588. The Morgan fingerprint density at radius 2 is 2.00 bits per heavy atom. The van der Waals surface area contributed by atoms with Gasteiger partial charge in [0.15, 0.2) is 0 Å². The summed E-state index contributed by atoms with van der Waals surface area (Å²) in [5.74, 6) is 0.0500. The van der Waals surface area contributed by atoms with Crippen molar-refractivity contribution in [2.45, 2.75) is 50.1 Å². The maximum Gasteiger partial charge on any atom is 0.252 e. The molecule has 122 valence electrons. The number of likely N-dealkylation sites (N-methyl/N-ethyl adjacent to an activating group) is 1. The first-order chi connectivity index (χ1) is 10.1. The lowest BCUT2D eigenvalue weighted by atomic mass is 9.75. The molecule has 2 aliphatic rings. The van der Waals surface area contributed by atoms with Crippen molar-refractivity contribution in [1.29, 1.82) is 0 Å². The van der Waals surface area contributed by atoms with Crippen LogP contribution in [-0.4, -0.2) is 36.0 Å². The second kappa shape index (κ2) is 7.33. The highest BCUT2D eigenvalue weighted by Crippen LogP contribution is 2.41. The summed E-state index contributed by atoms with van der Waals surface area (Å²) in [5.41, 5.74) is 0.925. The molecule has 1 amide bonds. The molecule has 22 heavy (non-hydrogen) atoms. The van der Waals surface area contributed by atoms with Gasteiger partial charge in [-0.25, -0.2) is 0 Å². The van der Waals surface area contributed by atoms with E-state index in [-0.39, 0.29) is 29.9 Å². The molecule has 1 N–H and O–H groups in total. The van der Waals surface area contributed by atoms with E-state index in [2.05, 4.69) is 33.2 Å². The van der Waals surface area contributed by atoms with Gasteiger partial charge in [0.2, 0.25) is 0 Å². The molecule has 0 radical (unpaired) electrons. The minimum absolute atomic E-state index is 0. The van der Waals surface area contributed by atoms with E-state index in [4.69, 9.17) is 0 Å². The van der Waals surface area contributed by atoms with Gasteiger partial charge in [0.05, 0.1) is 5.56 Å². The van der Waals surface area contributed by atoms with Crippen LogP contribution in [0, 0.1) is 0 Å². The second-order valence-electron chi connectivity index (χ2n) is 6.38. The summed E-state index contributed by atoms with van der Waals surface area (Å²) in [5, 5.41) is 3.33. The lowest BCUT2D eigenvalue weighted by Crippen LogP contribution is -2.59. The van der Waals surface area contributed by atoms with E-state index in [0.29, 0.717) is 0 Å². The van der Waals surface area contributed by atoms with E-state index < -0.39 is 0 Å². The van der Waals surface area contributed by atoms with Crippen LogP contribution in [0.1, 0.15) is 48.9 Å². The van der Waals surface area contributed by atoms with E-state index in [1.54, 1.807) is 0 Å². The van der Waals surface area contributed by atoms with E-state index in [9.17, 15) is 4.79 Å². The Labute approximate surface area is 147 Å². The predicted molar refractivity (Wildman–Crippen MR) is 95.7 cm³/mol. The SMILES string of the molecule is CN1CCC[C@@]12CCCC[C@@H]2NC(=O)c1ccccc1Br.Cl. The summed E-state index contributed by atoms with van der Waals surface area (Å²) in [4.78, 5) is 15.1. The molecule has 1 aromatic rings. The van der Waals surface area contributed by atoms with Gasteiger partial charge in [-0.15, -0.1) is 12.4 Å². The molecule has 3 rings (SSSR count). The zero-order valence-corrected chi connectivity index (χ0v) is 15.4. The van der Waals surface area contributed by atoms with Crippen LogP contribution in [0.2, 0.25) is 0 Å². The summed E-state index contributed by atoms with van der Waals surface area (Å²) in [6.07, 6.45) is 7.27. The van der Waals surface area contributed by atoms with Gasteiger partial charge in [0, 0.05) is 16.1 Å². The number of nitrogens with one attached hydrogen (secondary N) is 1. The molecule has 1 saturated heterocycles. The van der Waals surface area contributed by atoms with Crippen LogP contribution in [0.4, 0.5) is 0 Å². The maximum atomic E-state index is 12.6. The zero-order chi connectivity index (χ0) is 14.9. The quantitative estimate of drug-likeness (QED) is 0.831. The van der Waals surface area contributed by atoms with Crippen LogP contribution in [0.15, 0.2) is 28.7 Å². The normalized spacial score (nSPS) is 28.4. The van der Waals surface area contributed by atoms with Gasteiger partial charge in [-0.1, -0.05) is 25.0 Å². The van der Waals surface area contributed by atoms with E-state index in [0.717, 1.165) is 23.0 Å². The smallest absolute Gasteiger partial charge is 0.252 e. The molecular weight excluding hydrogens is 364 g/mol. The third-order valence-corrected chi connectivity index (χ3v) is 5.98. The van der Waals surface area contributed by atoms with Gasteiger partial charge >= 0.3 is 0 Å². The van der Waals surface area contributed by atoms with Crippen molar-refractivity contribution >= 4 is 34.2 Å². The molecule has 1 aromatic carbocycles. The standard InChI is InChI=1S/C17H23BrN2O.ClH/c1-20-12-6-11-17(20)10-5-4-9-15(17)19-16(21)13-7-2-3-8-14(13)18;/h2-3,7-8,15H,4-6,9-12H2,1H3,(H,19,21);1H/t15-,17+;/m0./s1. The number of hydrogen-bond donors (Lipinski definition) is 1. The summed E-state index contributed by atoms with van der Waals surface area (Å²) in [6.45, 7) is 1.15. The first kappa shape index (κ1) is 17.8. The van der Waals surface area contributed by atoms with Crippen LogP contribution >= 0.6 is 28.3 Å². The molecule has 2 atom stereocenters. The summed E-state index contributed by atoms with van der Waals surface area (Å²) in [7, 11) is 2.22.